The molecule has 6 fully saturated rings. The second-order valence-corrected chi connectivity index (χ2v) is 18.4. The largest absolute Gasteiger partial charge is 0.339 e. The van der Waals surface area contributed by atoms with Gasteiger partial charge < -0.3 is 14.7 Å². The van der Waals surface area contributed by atoms with E-state index in [1.165, 1.54) is 103 Å². The molecule has 2 aliphatic carbocycles. The summed E-state index contributed by atoms with van der Waals surface area (Å²) >= 11 is 0. The van der Waals surface area contributed by atoms with E-state index in [1.54, 1.807) is 0 Å². The molecule has 2 saturated carbocycles. The van der Waals surface area contributed by atoms with Gasteiger partial charge in [-0.1, -0.05) is 116 Å². The molecular weight excluding hydrogens is 606 g/mol. The third kappa shape index (κ3) is 11.7. The molecule has 0 radical (unpaired) electrons. The van der Waals surface area contributed by atoms with Gasteiger partial charge in [0.25, 0.3) is 0 Å². The molecule has 4 aliphatic heterocycles. The third-order valence-electron chi connectivity index (χ3n) is 11.6. The normalized spacial score (nSPS) is 29.2. The molecule has 4 heterocycles. The standard InChI is InChI=1S/2C14H25NO.C11H19NO.2C2H6/c2*1-14(2,3)13(16)15-10-6-8-11-7-4-5-9-12(11)15;1-11(2,3)10(13)12-8-4-5-9(12)7-6-8;2*1-2/h2*11-12H,4-10H2,1-3H3;8-9H,4-7H2,1-3H3;2*1-2H3. The molecule has 0 aromatic carbocycles. The Morgan fingerprint density at radius 2 is 0.694 bits per heavy atom. The van der Waals surface area contributed by atoms with Crippen molar-refractivity contribution in [1.29, 1.82) is 0 Å². The van der Waals surface area contributed by atoms with Gasteiger partial charge in [0, 0.05) is 53.5 Å². The average Bonchev–Trinajstić information content (AvgIpc) is 3.68. The lowest BCUT2D eigenvalue weighted by Gasteiger charge is -2.46. The molecule has 6 nitrogen and oxygen atoms in total. The van der Waals surface area contributed by atoms with Gasteiger partial charge in [-0.2, -0.15) is 0 Å². The molecule has 0 aromatic heterocycles. The Bertz CT molecular complexity index is 939. The molecule has 0 spiro atoms. The van der Waals surface area contributed by atoms with Crippen molar-refractivity contribution >= 4 is 17.7 Å². The average molecular weight is 688 g/mol. The van der Waals surface area contributed by atoms with Crippen molar-refractivity contribution in [3.8, 4) is 0 Å². The molecule has 2 bridgehead atoms. The van der Waals surface area contributed by atoms with Gasteiger partial charge in [0.15, 0.2) is 0 Å². The summed E-state index contributed by atoms with van der Waals surface area (Å²) in [5.41, 5.74) is -0.607. The molecule has 4 unspecified atom stereocenters. The van der Waals surface area contributed by atoms with Crippen LogP contribution in [0.1, 0.15) is 193 Å². The molecule has 286 valence electrons. The van der Waals surface area contributed by atoms with Gasteiger partial charge in [-0.15, -0.1) is 0 Å². The number of rotatable bonds is 0. The zero-order valence-electron chi connectivity index (χ0n) is 34.8. The maximum Gasteiger partial charge on any atom is 0.228 e. The minimum atomic E-state index is -0.209. The predicted molar refractivity (Wildman–Crippen MR) is 207 cm³/mol. The quantitative estimate of drug-likeness (QED) is 0.255. The number of fused-ring (bicyclic) bond motifs is 4. The van der Waals surface area contributed by atoms with E-state index in [2.05, 4.69) is 14.7 Å². The van der Waals surface area contributed by atoms with E-state index in [0.717, 1.165) is 24.9 Å². The lowest BCUT2D eigenvalue weighted by molar-refractivity contribution is -0.146. The lowest BCUT2D eigenvalue weighted by Crippen LogP contribution is -2.52. The molecule has 4 atom stereocenters. The van der Waals surface area contributed by atoms with Crippen molar-refractivity contribution in [1.82, 2.24) is 14.7 Å². The Balaban J connectivity index is 0.000000244. The number of nitrogens with zero attached hydrogens (tertiary/aromatic N) is 3. The lowest BCUT2D eigenvalue weighted by atomic mass is 9.77. The van der Waals surface area contributed by atoms with Crippen molar-refractivity contribution in [2.24, 2.45) is 28.1 Å². The first-order valence-corrected chi connectivity index (χ1v) is 20.9. The molecule has 3 amide bonds. The first-order valence-electron chi connectivity index (χ1n) is 20.9. The Kier molecular flexibility index (Phi) is 17.2. The zero-order chi connectivity index (χ0) is 37.2. The number of likely N-dealkylation sites (tertiary alicyclic amines) is 2. The number of hydrogen-bond acceptors (Lipinski definition) is 3. The first-order chi connectivity index (χ1) is 23.0. The molecule has 6 heteroatoms. The van der Waals surface area contributed by atoms with Crippen LogP contribution >= 0.6 is 0 Å². The molecule has 0 aromatic rings. The Labute approximate surface area is 304 Å². The van der Waals surface area contributed by atoms with Crippen LogP contribution in [0.25, 0.3) is 0 Å². The fraction of sp³-hybridized carbons (Fsp3) is 0.930. The van der Waals surface area contributed by atoms with Gasteiger partial charge in [-0.05, 0) is 88.9 Å². The van der Waals surface area contributed by atoms with E-state index < -0.39 is 0 Å². The van der Waals surface area contributed by atoms with Crippen molar-refractivity contribution in [3.63, 3.8) is 0 Å². The van der Waals surface area contributed by atoms with Crippen LogP contribution in [-0.4, -0.2) is 69.7 Å². The van der Waals surface area contributed by atoms with E-state index in [0.29, 0.717) is 41.9 Å². The van der Waals surface area contributed by atoms with Crippen LogP contribution in [0.15, 0.2) is 0 Å². The molecule has 49 heavy (non-hydrogen) atoms. The summed E-state index contributed by atoms with van der Waals surface area (Å²) in [6.45, 7) is 28.3. The zero-order valence-corrected chi connectivity index (χ0v) is 34.8. The molecule has 4 saturated heterocycles. The van der Waals surface area contributed by atoms with Crippen LogP contribution in [0.2, 0.25) is 0 Å². The number of carbonyl (C=O) groups is 3. The molecule has 0 N–H and O–H groups in total. The van der Waals surface area contributed by atoms with Crippen LogP contribution in [-0.2, 0) is 14.4 Å². The summed E-state index contributed by atoms with van der Waals surface area (Å²) in [5, 5.41) is 0. The van der Waals surface area contributed by atoms with Crippen LogP contribution in [0.4, 0.5) is 0 Å². The fourth-order valence-electron chi connectivity index (χ4n) is 9.25. The summed E-state index contributed by atoms with van der Waals surface area (Å²) in [5.74, 6) is 2.69. The van der Waals surface area contributed by atoms with Gasteiger partial charge >= 0.3 is 0 Å². The van der Waals surface area contributed by atoms with Crippen LogP contribution in [0.5, 0.6) is 0 Å². The summed E-state index contributed by atoms with van der Waals surface area (Å²) in [7, 11) is 0. The SMILES string of the molecule is CC.CC.CC(C)(C)C(=O)N1C2CCC1CC2.CC(C)(C)C(=O)N1CCCC2CCCCC21.CC(C)(C)C(=O)N1CCCC2CCCCC21. The van der Waals surface area contributed by atoms with E-state index in [-0.39, 0.29) is 16.2 Å². The number of hydrogen-bond donors (Lipinski definition) is 0. The van der Waals surface area contributed by atoms with Crippen molar-refractivity contribution < 1.29 is 14.4 Å². The number of piperidine rings is 2. The maximum atomic E-state index is 12.4. The molecule has 6 rings (SSSR count). The van der Waals surface area contributed by atoms with Crippen LogP contribution in [0.3, 0.4) is 0 Å². The van der Waals surface area contributed by atoms with Gasteiger partial charge in [-0.3, -0.25) is 14.4 Å². The number of amides is 3. The van der Waals surface area contributed by atoms with E-state index in [9.17, 15) is 14.4 Å². The van der Waals surface area contributed by atoms with Crippen molar-refractivity contribution in [2.75, 3.05) is 13.1 Å². The van der Waals surface area contributed by atoms with E-state index in [4.69, 9.17) is 0 Å². The van der Waals surface area contributed by atoms with Gasteiger partial charge in [-0.25, -0.2) is 0 Å². The van der Waals surface area contributed by atoms with Crippen molar-refractivity contribution in [3.05, 3.63) is 0 Å². The summed E-state index contributed by atoms with van der Waals surface area (Å²) in [6, 6.07) is 2.29. The van der Waals surface area contributed by atoms with Gasteiger partial charge in [0.05, 0.1) is 0 Å². The topological polar surface area (TPSA) is 60.9 Å². The van der Waals surface area contributed by atoms with Gasteiger partial charge in [0.1, 0.15) is 0 Å². The Hall–Kier alpha value is -1.59. The molecule has 6 aliphatic rings. The van der Waals surface area contributed by atoms with Crippen LogP contribution in [0, 0.1) is 28.1 Å². The van der Waals surface area contributed by atoms with Crippen LogP contribution < -0.4 is 0 Å². The van der Waals surface area contributed by atoms with E-state index in [1.807, 2.05) is 90.0 Å². The summed E-state index contributed by atoms with van der Waals surface area (Å²) < 4.78 is 0. The fourth-order valence-corrected chi connectivity index (χ4v) is 9.25. The monoisotopic (exact) mass is 688 g/mol. The third-order valence-corrected chi connectivity index (χ3v) is 11.6. The Morgan fingerprint density at radius 1 is 0.408 bits per heavy atom. The summed E-state index contributed by atoms with van der Waals surface area (Å²) in [4.78, 5) is 43.4. The minimum absolute atomic E-state index is 0.189. The summed E-state index contributed by atoms with van der Waals surface area (Å²) in [6.07, 6.45) is 20.6. The van der Waals surface area contributed by atoms with E-state index >= 15 is 0 Å². The highest BCUT2D eigenvalue weighted by Gasteiger charge is 2.45. The maximum absolute atomic E-state index is 12.4. The smallest absolute Gasteiger partial charge is 0.228 e. The van der Waals surface area contributed by atoms with Gasteiger partial charge in [0.2, 0.25) is 17.7 Å². The highest BCUT2D eigenvalue weighted by molar-refractivity contribution is 5.83. The minimum Gasteiger partial charge on any atom is -0.339 e. The highest BCUT2D eigenvalue weighted by Crippen LogP contribution is 2.40. The van der Waals surface area contributed by atoms with Crippen molar-refractivity contribution in [2.45, 2.75) is 217 Å². The first kappa shape index (κ1) is 43.6. The highest BCUT2D eigenvalue weighted by atomic mass is 16.2. The Morgan fingerprint density at radius 3 is 1.00 bits per heavy atom. The number of carbonyl (C=O) groups excluding carboxylic acids is 3. The molecular formula is C43H81N3O3. The second-order valence-electron chi connectivity index (χ2n) is 18.4. The predicted octanol–water partition coefficient (Wildman–Crippen LogP) is 10.7. The second kappa shape index (κ2) is 19.3.